The summed E-state index contributed by atoms with van der Waals surface area (Å²) in [6.45, 7) is 8.41. The molecule has 0 aromatic rings. The van der Waals surface area contributed by atoms with Gasteiger partial charge in [-0.15, -0.1) is 0 Å². The van der Waals surface area contributed by atoms with Gasteiger partial charge in [0.2, 0.25) is 0 Å². The minimum Gasteiger partial charge on any atom is -0.383 e. The summed E-state index contributed by atoms with van der Waals surface area (Å²) in [5, 5.41) is 3.38. The molecule has 0 aromatic carbocycles. The summed E-state index contributed by atoms with van der Waals surface area (Å²) in [6.07, 6.45) is 0. The van der Waals surface area contributed by atoms with Gasteiger partial charge in [0.1, 0.15) is 0 Å². The standard InChI is InChI=1S/C10H24N2O/c1-10(2,9-12(3)4)8-11-6-7-13-5/h11H,6-9H2,1-5H3. The molecule has 0 aliphatic heterocycles. The largest absolute Gasteiger partial charge is 0.383 e. The van der Waals surface area contributed by atoms with E-state index in [1.807, 2.05) is 0 Å². The zero-order chi connectivity index (χ0) is 10.3. The van der Waals surface area contributed by atoms with Crippen molar-refractivity contribution in [2.75, 3.05) is 47.4 Å². The molecular weight excluding hydrogens is 164 g/mol. The lowest BCUT2D eigenvalue weighted by molar-refractivity contribution is 0.186. The Morgan fingerprint density at radius 2 is 1.92 bits per heavy atom. The van der Waals surface area contributed by atoms with Crippen LogP contribution in [-0.4, -0.2) is 52.3 Å². The minimum absolute atomic E-state index is 0.331. The van der Waals surface area contributed by atoms with Gasteiger partial charge in [-0.1, -0.05) is 13.8 Å². The van der Waals surface area contributed by atoms with Gasteiger partial charge in [0.05, 0.1) is 6.61 Å². The van der Waals surface area contributed by atoms with Crippen molar-refractivity contribution >= 4 is 0 Å². The number of nitrogens with zero attached hydrogens (tertiary/aromatic N) is 1. The molecule has 0 fully saturated rings. The van der Waals surface area contributed by atoms with Gasteiger partial charge in [-0.05, 0) is 19.5 Å². The molecule has 0 amide bonds. The molecule has 0 saturated carbocycles. The number of nitrogens with one attached hydrogen (secondary N) is 1. The van der Waals surface area contributed by atoms with Crippen LogP contribution < -0.4 is 5.32 Å². The number of hydrogen-bond donors (Lipinski definition) is 1. The molecule has 0 bridgehead atoms. The minimum atomic E-state index is 0.331. The predicted octanol–water partition coefficient (Wildman–Crippen LogP) is 0.810. The van der Waals surface area contributed by atoms with Gasteiger partial charge in [0, 0.05) is 26.7 Å². The Balaban J connectivity index is 3.50. The maximum Gasteiger partial charge on any atom is 0.0587 e. The molecule has 0 atom stereocenters. The van der Waals surface area contributed by atoms with E-state index in [0.29, 0.717) is 5.41 Å². The zero-order valence-electron chi connectivity index (χ0n) is 9.68. The van der Waals surface area contributed by atoms with Gasteiger partial charge in [-0.25, -0.2) is 0 Å². The van der Waals surface area contributed by atoms with Crippen LogP contribution >= 0.6 is 0 Å². The number of methoxy groups -OCH3 is 1. The van der Waals surface area contributed by atoms with E-state index in [1.54, 1.807) is 7.11 Å². The lowest BCUT2D eigenvalue weighted by atomic mass is 9.93. The Kier molecular flexibility index (Phi) is 6.29. The maximum absolute atomic E-state index is 4.96. The monoisotopic (exact) mass is 188 g/mol. The van der Waals surface area contributed by atoms with Gasteiger partial charge in [-0.2, -0.15) is 0 Å². The molecule has 80 valence electrons. The lowest BCUT2D eigenvalue weighted by Crippen LogP contribution is -2.38. The number of ether oxygens (including phenoxy) is 1. The average molecular weight is 188 g/mol. The highest BCUT2D eigenvalue weighted by atomic mass is 16.5. The van der Waals surface area contributed by atoms with Crippen molar-refractivity contribution in [2.24, 2.45) is 5.41 Å². The molecule has 3 heteroatoms. The first-order valence-electron chi connectivity index (χ1n) is 4.82. The van der Waals surface area contributed by atoms with Crippen LogP contribution in [0.25, 0.3) is 0 Å². The van der Waals surface area contributed by atoms with Crippen molar-refractivity contribution in [1.29, 1.82) is 0 Å². The highest BCUT2D eigenvalue weighted by molar-refractivity contribution is 4.73. The first-order chi connectivity index (χ1) is 5.98. The third-order valence-corrected chi connectivity index (χ3v) is 1.83. The lowest BCUT2D eigenvalue weighted by Gasteiger charge is -2.28. The molecule has 0 unspecified atom stereocenters. The van der Waals surface area contributed by atoms with Crippen LogP contribution in [0.3, 0.4) is 0 Å². The van der Waals surface area contributed by atoms with Crippen molar-refractivity contribution in [3.8, 4) is 0 Å². The van der Waals surface area contributed by atoms with Crippen LogP contribution in [0.15, 0.2) is 0 Å². The van der Waals surface area contributed by atoms with Crippen molar-refractivity contribution < 1.29 is 4.74 Å². The van der Waals surface area contributed by atoms with E-state index in [0.717, 1.165) is 26.2 Å². The number of hydrogen-bond acceptors (Lipinski definition) is 3. The van der Waals surface area contributed by atoms with E-state index < -0.39 is 0 Å². The summed E-state index contributed by atoms with van der Waals surface area (Å²) in [5.74, 6) is 0. The predicted molar refractivity (Wildman–Crippen MR) is 57.1 cm³/mol. The van der Waals surface area contributed by atoms with Crippen molar-refractivity contribution in [1.82, 2.24) is 10.2 Å². The van der Waals surface area contributed by atoms with Crippen LogP contribution in [0.2, 0.25) is 0 Å². The highest BCUT2D eigenvalue weighted by Crippen LogP contribution is 2.13. The van der Waals surface area contributed by atoms with Gasteiger partial charge < -0.3 is 15.0 Å². The zero-order valence-corrected chi connectivity index (χ0v) is 9.68. The molecule has 0 aliphatic carbocycles. The van der Waals surface area contributed by atoms with Crippen LogP contribution in [-0.2, 0) is 4.74 Å². The molecule has 1 N–H and O–H groups in total. The van der Waals surface area contributed by atoms with E-state index in [1.165, 1.54) is 0 Å². The summed E-state index contributed by atoms with van der Waals surface area (Å²) in [5.41, 5.74) is 0.331. The molecule has 0 rings (SSSR count). The molecular formula is C10H24N2O. The fraction of sp³-hybridized carbons (Fsp3) is 1.00. The molecule has 13 heavy (non-hydrogen) atoms. The molecule has 0 aliphatic rings. The van der Waals surface area contributed by atoms with E-state index in [-0.39, 0.29) is 0 Å². The Morgan fingerprint density at radius 3 is 2.38 bits per heavy atom. The topological polar surface area (TPSA) is 24.5 Å². The van der Waals surface area contributed by atoms with Crippen LogP contribution in [0, 0.1) is 5.41 Å². The van der Waals surface area contributed by atoms with Crippen molar-refractivity contribution in [3.05, 3.63) is 0 Å². The highest BCUT2D eigenvalue weighted by Gasteiger charge is 2.17. The first-order valence-corrected chi connectivity index (χ1v) is 4.82. The summed E-state index contributed by atoms with van der Waals surface area (Å²) in [6, 6.07) is 0. The van der Waals surface area contributed by atoms with Gasteiger partial charge in [0.25, 0.3) is 0 Å². The Labute approximate surface area is 82.4 Å². The summed E-state index contributed by atoms with van der Waals surface area (Å²) in [4.78, 5) is 2.22. The SMILES string of the molecule is COCCNCC(C)(C)CN(C)C. The van der Waals surface area contributed by atoms with E-state index in [9.17, 15) is 0 Å². The molecule has 0 aromatic heterocycles. The van der Waals surface area contributed by atoms with Gasteiger partial charge in [-0.3, -0.25) is 0 Å². The first kappa shape index (κ1) is 12.9. The second kappa shape index (κ2) is 6.35. The van der Waals surface area contributed by atoms with E-state index in [2.05, 4.69) is 38.2 Å². The molecule has 0 radical (unpaired) electrons. The Bertz CT molecular complexity index is 124. The quantitative estimate of drug-likeness (QED) is 0.598. The summed E-state index contributed by atoms with van der Waals surface area (Å²) < 4.78 is 4.96. The normalized spacial score (nSPS) is 12.5. The van der Waals surface area contributed by atoms with Crippen LogP contribution in [0.1, 0.15) is 13.8 Å². The molecule has 3 nitrogen and oxygen atoms in total. The fourth-order valence-corrected chi connectivity index (χ4v) is 1.51. The smallest absolute Gasteiger partial charge is 0.0587 e. The Hall–Kier alpha value is -0.120. The maximum atomic E-state index is 4.96. The third-order valence-electron chi connectivity index (χ3n) is 1.83. The molecule has 0 spiro atoms. The van der Waals surface area contributed by atoms with Crippen LogP contribution in [0.5, 0.6) is 0 Å². The Morgan fingerprint density at radius 1 is 1.31 bits per heavy atom. The third kappa shape index (κ3) is 8.22. The molecule has 0 saturated heterocycles. The average Bonchev–Trinajstić information content (AvgIpc) is 1.95. The van der Waals surface area contributed by atoms with Gasteiger partial charge >= 0.3 is 0 Å². The van der Waals surface area contributed by atoms with Crippen LogP contribution in [0.4, 0.5) is 0 Å². The van der Waals surface area contributed by atoms with Crippen molar-refractivity contribution in [2.45, 2.75) is 13.8 Å². The van der Waals surface area contributed by atoms with Crippen molar-refractivity contribution in [3.63, 3.8) is 0 Å². The summed E-state index contributed by atoms with van der Waals surface area (Å²) >= 11 is 0. The summed E-state index contributed by atoms with van der Waals surface area (Å²) in [7, 11) is 5.94. The van der Waals surface area contributed by atoms with E-state index >= 15 is 0 Å². The molecule has 0 heterocycles. The second-order valence-corrected chi connectivity index (χ2v) is 4.57. The second-order valence-electron chi connectivity index (χ2n) is 4.57. The fourth-order valence-electron chi connectivity index (χ4n) is 1.51. The van der Waals surface area contributed by atoms with E-state index in [4.69, 9.17) is 4.74 Å². The number of rotatable bonds is 7. The van der Waals surface area contributed by atoms with Gasteiger partial charge in [0.15, 0.2) is 0 Å².